The molecule has 100 valence electrons. The molecular formula is C11H20N6O. The summed E-state index contributed by atoms with van der Waals surface area (Å²) in [5, 5.41) is 3.92. The highest BCUT2D eigenvalue weighted by Gasteiger charge is 2.29. The molecule has 1 saturated heterocycles. The molecular weight excluding hydrogens is 232 g/mol. The Balaban J connectivity index is 1.97. The number of nitrogens with two attached hydrogens (primary N) is 1. The molecule has 2 unspecified atom stereocenters. The van der Waals surface area contributed by atoms with Crippen LogP contribution in [0.25, 0.3) is 0 Å². The standard InChI is InChI=1S/C11H20N6O/c1-8-4-16(5-9(2)15(8)3)10(18)6-17-7-13-11(12)14-17/h7-9H,4-6H2,1-3H3,(H2,12,14). The highest BCUT2D eigenvalue weighted by molar-refractivity contribution is 5.76. The van der Waals surface area contributed by atoms with Crippen LogP contribution < -0.4 is 5.73 Å². The van der Waals surface area contributed by atoms with Crippen molar-refractivity contribution in [2.24, 2.45) is 0 Å². The Morgan fingerprint density at radius 1 is 1.44 bits per heavy atom. The summed E-state index contributed by atoms with van der Waals surface area (Å²) in [4.78, 5) is 20.1. The van der Waals surface area contributed by atoms with Crippen LogP contribution in [0.4, 0.5) is 5.95 Å². The van der Waals surface area contributed by atoms with Crippen molar-refractivity contribution in [1.29, 1.82) is 0 Å². The minimum atomic E-state index is 0.0618. The van der Waals surface area contributed by atoms with Crippen LogP contribution in [0.1, 0.15) is 13.8 Å². The van der Waals surface area contributed by atoms with E-state index >= 15 is 0 Å². The Morgan fingerprint density at radius 3 is 2.56 bits per heavy atom. The average Bonchev–Trinajstić information content (AvgIpc) is 2.71. The van der Waals surface area contributed by atoms with Gasteiger partial charge in [0, 0.05) is 25.2 Å². The maximum atomic E-state index is 12.2. The summed E-state index contributed by atoms with van der Waals surface area (Å²) in [6.45, 7) is 5.97. The summed E-state index contributed by atoms with van der Waals surface area (Å²) in [7, 11) is 2.09. The third-order valence-electron chi connectivity index (χ3n) is 3.56. The molecule has 2 heterocycles. The van der Waals surface area contributed by atoms with E-state index in [0.29, 0.717) is 12.1 Å². The Morgan fingerprint density at radius 2 is 2.06 bits per heavy atom. The predicted octanol–water partition coefficient (Wildman–Crippen LogP) is -0.589. The van der Waals surface area contributed by atoms with Gasteiger partial charge in [0.1, 0.15) is 12.9 Å². The summed E-state index contributed by atoms with van der Waals surface area (Å²) in [5.74, 6) is 0.259. The van der Waals surface area contributed by atoms with E-state index < -0.39 is 0 Å². The number of amides is 1. The predicted molar refractivity (Wildman–Crippen MR) is 67.7 cm³/mol. The molecule has 1 amide bonds. The fraction of sp³-hybridized carbons (Fsp3) is 0.727. The van der Waals surface area contributed by atoms with Crippen LogP contribution in [-0.4, -0.2) is 62.7 Å². The fourth-order valence-electron chi connectivity index (χ4n) is 2.23. The van der Waals surface area contributed by atoms with E-state index in [9.17, 15) is 4.79 Å². The molecule has 0 aliphatic carbocycles. The maximum absolute atomic E-state index is 12.2. The molecule has 18 heavy (non-hydrogen) atoms. The molecule has 1 fully saturated rings. The van der Waals surface area contributed by atoms with Gasteiger partial charge in [-0.1, -0.05) is 0 Å². The van der Waals surface area contributed by atoms with E-state index in [-0.39, 0.29) is 18.4 Å². The van der Waals surface area contributed by atoms with Gasteiger partial charge in [-0.2, -0.15) is 0 Å². The zero-order valence-electron chi connectivity index (χ0n) is 11.1. The van der Waals surface area contributed by atoms with E-state index in [0.717, 1.165) is 13.1 Å². The second-order valence-corrected chi connectivity index (χ2v) is 4.96. The molecule has 7 nitrogen and oxygen atoms in total. The fourth-order valence-corrected chi connectivity index (χ4v) is 2.23. The zero-order chi connectivity index (χ0) is 13.3. The van der Waals surface area contributed by atoms with Gasteiger partial charge in [-0.3, -0.25) is 9.69 Å². The lowest BCUT2D eigenvalue weighted by atomic mass is 10.1. The smallest absolute Gasteiger partial charge is 0.244 e. The van der Waals surface area contributed by atoms with Crippen molar-refractivity contribution in [3.63, 3.8) is 0 Å². The number of hydrogen-bond donors (Lipinski definition) is 1. The normalized spacial score (nSPS) is 25.4. The molecule has 1 aliphatic heterocycles. The molecule has 0 saturated carbocycles. The number of nitrogen functional groups attached to an aromatic ring is 1. The van der Waals surface area contributed by atoms with Gasteiger partial charge in [-0.15, -0.1) is 5.10 Å². The summed E-state index contributed by atoms with van der Waals surface area (Å²) >= 11 is 0. The Hall–Kier alpha value is -1.63. The van der Waals surface area contributed by atoms with Crippen LogP contribution in [0.2, 0.25) is 0 Å². The first kappa shape index (κ1) is 12.8. The van der Waals surface area contributed by atoms with E-state index in [1.165, 1.54) is 11.0 Å². The van der Waals surface area contributed by atoms with Gasteiger partial charge in [0.2, 0.25) is 11.9 Å². The Labute approximate surface area is 107 Å². The van der Waals surface area contributed by atoms with Crippen LogP contribution >= 0.6 is 0 Å². The SMILES string of the molecule is CC1CN(C(=O)Cn2cnc(N)n2)CC(C)N1C. The van der Waals surface area contributed by atoms with Crippen LogP contribution in [0.3, 0.4) is 0 Å². The van der Waals surface area contributed by atoms with Crippen LogP contribution in [0.5, 0.6) is 0 Å². The van der Waals surface area contributed by atoms with Crippen molar-refractivity contribution < 1.29 is 4.79 Å². The zero-order valence-corrected chi connectivity index (χ0v) is 11.1. The largest absolute Gasteiger partial charge is 0.367 e. The lowest BCUT2D eigenvalue weighted by Crippen LogP contribution is -2.56. The number of rotatable bonds is 2. The van der Waals surface area contributed by atoms with E-state index in [4.69, 9.17) is 5.73 Å². The minimum Gasteiger partial charge on any atom is -0.367 e. The molecule has 1 aliphatic rings. The maximum Gasteiger partial charge on any atom is 0.244 e. The summed E-state index contributed by atoms with van der Waals surface area (Å²) < 4.78 is 1.48. The molecule has 0 aromatic carbocycles. The van der Waals surface area contributed by atoms with E-state index in [1.807, 2.05) is 4.90 Å². The number of piperazine rings is 1. The molecule has 0 spiro atoms. The number of likely N-dealkylation sites (N-methyl/N-ethyl adjacent to an activating group) is 1. The van der Waals surface area contributed by atoms with E-state index in [2.05, 4.69) is 35.9 Å². The first-order valence-corrected chi connectivity index (χ1v) is 6.12. The summed E-state index contributed by atoms with van der Waals surface area (Å²) in [6.07, 6.45) is 1.48. The molecule has 2 N–H and O–H groups in total. The van der Waals surface area contributed by atoms with Gasteiger partial charge in [0.05, 0.1) is 0 Å². The van der Waals surface area contributed by atoms with Crippen LogP contribution in [0, 0.1) is 0 Å². The quantitative estimate of drug-likeness (QED) is 0.761. The molecule has 2 rings (SSSR count). The average molecular weight is 252 g/mol. The van der Waals surface area contributed by atoms with Crippen LogP contribution in [0.15, 0.2) is 6.33 Å². The van der Waals surface area contributed by atoms with Crippen molar-refractivity contribution in [1.82, 2.24) is 24.6 Å². The number of carbonyl (C=O) groups excluding carboxylic acids is 1. The summed E-state index contributed by atoms with van der Waals surface area (Å²) in [6, 6.07) is 0.747. The second kappa shape index (κ2) is 4.93. The lowest BCUT2D eigenvalue weighted by Gasteiger charge is -2.42. The van der Waals surface area contributed by atoms with Crippen molar-refractivity contribution in [2.45, 2.75) is 32.5 Å². The van der Waals surface area contributed by atoms with Gasteiger partial charge in [0.25, 0.3) is 0 Å². The monoisotopic (exact) mass is 252 g/mol. The van der Waals surface area contributed by atoms with Gasteiger partial charge >= 0.3 is 0 Å². The first-order valence-electron chi connectivity index (χ1n) is 6.12. The third kappa shape index (κ3) is 2.61. The van der Waals surface area contributed by atoms with Crippen molar-refractivity contribution in [3.8, 4) is 0 Å². The third-order valence-corrected chi connectivity index (χ3v) is 3.56. The van der Waals surface area contributed by atoms with Gasteiger partial charge < -0.3 is 10.6 Å². The first-order chi connectivity index (χ1) is 8.47. The highest BCUT2D eigenvalue weighted by atomic mass is 16.2. The van der Waals surface area contributed by atoms with Crippen LogP contribution in [-0.2, 0) is 11.3 Å². The number of hydrogen-bond acceptors (Lipinski definition) is 5. The van der Waals surface area contributed by atoms with Gasteiger partial charge in [-0.05, 0) is 20.9 Å². The Bertz CT molecular complexity index is 419. The molecule has 2 atom stereocenters. The van der Waals surface area contributed by atoms with Gasteiger partial charge in [0.15, 0.2) is 0 Å². The van der Waals surface area contributed by atoms with Gasteiger partial charge in [-0.25, -0.2) is 9.67 Å². The molecule has 1 aromatic rings. The topological polar surface area (TPSA) is 80.3 Å². The summed E-state index contributed by atoms with van der Waals surface area (Å²) in [5.41, 5.74) is 5.42. The number of anilines is 1. The molecule has 0 bridgehead atoms. The second-order valence-electron chi connectivity index (χ2n) is 4.96. The number of aromatic nitrogens is 3. The highest BCUT2D eigenvalue weighted by Crippen LogP contribution is 2.13. The van der Waals surface area contributed by atoms with Crippen molar-refractivity contribution in [3.05, 3.63) is 6.33 Å². The number of nitrogens with zero attached hydrogens (tertiary/aromatic N) is 5. The lowest BCUT2D eigenvalue weighted by molar-refractivity contribution is -0.136. The molecule has 0 radical (unpaired) electrons. The minimum absolute atomic E-state index is 0.0618. The van der Waals surface area contributed by atoms with Crippen molar-refractivity contribution >= 4 is 11.9 Å². The number of carbonyl (C=O) groups is 1. The molecule has 7 heteroatoms. The van der Waals surface area contributed by atoms with E-state index in [1.54, 1.807) is 0 Å². The molecule has 1 aromatic heterocycles. The van der Waals surface area contributed by atoms with Crippen molar-refractivity contribution in [2.75, 3.05) is 25.9 Å². The Kier molecular flexibility index (Phi) is 3.51.